The van der Waals surface area contributed by atoms with Gasteiger partial charge in [-0.3, -0.25) is 25.2 Å². The number of carbonyl (C=O) groups is 3. The molecule has 0 bridgehead atoms. The SMILES string of the molecule is CC(C)(C)c1ccc(C(=O)NNC(=O)C(=O)NC2CC2)cc1. The highest BCUT2D eigenvalue weighted by Crippen LogP contribution is 2.22. The molecule has 6 nitrogen and oxygen atoms in total. The zero-order chi connectivity index (χ0) is 16.3. The Morgan fingerprint density at radius 3 is 2.05 bits per heavy atom. The van der Waals surface area contributed by atoms with Crippen molar-refractivity contribution in [3.63, 3.8) is 0 Å². The van der Waals surface area contributed by atoms with Crippen molar-refractivity contribution in [2.75, 3.05) is 0 Å². The normalized spacial score (nSPS) is 14.1. The molecule has 0 saturated heterocycles. The monoisotopic (exact) mass is 303 g/mol. The summed E-state index contributed by atoms with van der Waals surface area (Å²) in [5, 5.41) is 2.54. The quantitative estimate of drug-likeness (QED) is 0.563. The summed E-state index contributed by atoms with van der Waals surface area (Å²) in [6.07, 6.45) is 1.79. The summed E-state index contributed by atoms with van der Waals surface area (Å²) in [4.78, 5) is 34.8. The molecule has 0 spiro atoms. The molecular weight excluding hydrogens is 282 g/mol. The Morgan fingerprint density at radius 1 is 0.955 bits per heavy atom. The predicted molar refractivity (Wildman–Crippen MR) is 81.9 cm³/mol. The maximum atomic E-state index is 11.9. The van der Waals surface area contributed by atoms with E-state index < -0.39 is 17.7 Å². The van der Waals surface area contributed by atoms with Crippen LogP contribution in [0.2, 0.25) is 0 Å². The van der Waals surface area contributed by atoms with E-state index in [-0.39, 0.29) is 11.5 Å². The van der Waals surface area contributed by atoms with E-state index in [4.69, 9.17) is 0 Å². The molecule has 1 fully saturated rings. The fourth-order valence-electron chi connectivity index (χ4n) is 1.84. The van der Waals surface area contributed by atoms with Crippen LogP contribution in [0.4, 0.5) is 0 Å². The van der Waals surface area contributed by atoms with Crippen LogP contribution in [0.3, 0.4) is 0 Å². The van der Waals surface area contributed by atoms with Gasteiger partial charge < -0.3 is 5.32 Å². The molecule has 1 aliphatic carbocycles. The molecule has 0 unspecified atom stereocenters. The van der Waals surface area contributed by atoms with Gasteiger partial charge in [-0.25, -0.2) is 0 Å². The van der Waals surface area contributed by atoms with Crippen LogP contribution in [0.5, 0.6) is 0 Å². The van der Waals surface area contributed by atoms with Gasteiger partial charge in [-0.05, 0) is 36.0 Å². The maximum Gasteiger partial charge on any atom is 0.327 e. The third-order valence-corrected chi connectivity index (χ3v) is 3.42. The predicted octanol–water partition coefficient (Wildman–Crippen LogP) is 1.02. The summed E-state index contributed by atoms with van der Waals surface area (Å²) in [5.41, 5.74) is 5.87. The van der Waals surface area contributed by atoms with Crippen molar-refractivity contribution < 1.29 is 14.4 Å². The van der Waals surface area contributed by atoms with Crippen molar-refractivity contribution in [1.82, 2.24) is 16.2 Å². The molecule has 1 aromatic carbocycles. The second-order valence-electron chi connectivity index (χ2n) is 6.48. The minimum atomic E-state index is -0.869. The molecule has 6 heteroatoms. The Labute approximate surface area is 129 Å². The lowest BCUT2D eigenvalue weighted by Crippen LogP contribution is -2.48. The van der Waals surface area contributed by atoms with Gasteiger partial charge in [0.05, 0.1) is 0 Å². The second-order valence-corrected chi connectivity index (χ2v) is 6.48. The molecule has 1 saturated carbocycles. The van der Waals surface area contributed by atoms with Gasteiger partial charge >= 0.3 is 11.8 Å². The first kappa shape index (κ1) is 16.0. The lowest BCUT2D eigenvalue weighted by molar-refractivity contribution is -0.139. The molecule has 1 aliphatic rings. The lowest BCUT2D eigenvalue weighted by atomic mass is 9.87. The van der Waals surface area contributed by atoms with E-state index >= 15 is 0 Å². The van der Waals surface area contributed by atoms with Crippen LogP contribution >= 0.6 is 0 Å². The Morgan fingerprint density at radius 2 is 1.55 bits per heavy atom. The van der Waals surface area contributed by atoms with Gasteiger partial charge in [-0.2, -0.15) is 0 Å². The highest BCUT2D eigenvalue weighted by molar-refractivity contribution is 6.35. The average Bonchev–Trinajstić information content (AvgIpc) is 3.27. The molecule has 3 amide bonds. The van der Waals surface area contributed by atoms with E-state index in [0.29, 0.717) is 5.56 Å². The third-order valence-electron chi connectivity index (χ3n) is 3.42. The van der Waals surface area contributed by atoms with E-state index in [0.717, 1.165) is 18.4 Å². The number of rotatable bonds is 2. The van der Waals surface area contributed by atoms with Gasteiger partial charge in [0.2, 0.25) is 0 Å². The number of amides is 3. The van der Waals surface area contributed by atoms with Crippen molar-refractivity contribution in [3.05, 3.63) is 35.4 Å². The lowest BCUT2D eigenvalue weighted by Gasteiger charge is -2.19. The largest absolute Gasteiger partial charge is 0.345 e. The van der Waals surface area contributed by atoms with Gasteiger partial charge in [0, 0.05) is 11.6 Å². The second kappa shape index (κ2) is 6.17. The van der Waals surface area contributed by atoms with Crippen molar-refractivity contribution in [3.8, 4) is 0 Å². The topological polar surface area (TPSA) is 87.3 Å². The summed E-state index contributed by atoms with van der Waals surface area (Å²) >= 11 is 0. The number of carbonyl (C=O) groups excluding carboxylic acids is 3. The van der Waals surface area contributed by atoms with Crippen LogP contribution < -0.4 is 16.2 Å². The molecule has 0 radical (unpaired) electrons. The molecule has 0 aromatic heterocycles. The molecule has 2 rings (SSSR count). The van der Waals surface area contributed by atoms with Crippen LogP contribution in [-0.2, 0) is 15.0 Å². The Balaban J connectivity index is 1.86. The zero-order valence-corrected chi connectivity index (χ0v) is 13.0. The standard InChI is InChI=1S/C16H21N3O3/c1-16(2,3)11-6-4-10(5-7-11)13(20)18-19-15(22)14(21)17-12-8-9-12/h4-7,12H,8-9H2,1-3H3,(H,17,21)(H,18,20)(H,19,22). The van der Waals surface area contributed by atoms with Crippen LogP contribution in [0.1, 0.15) is 49.5 Å². The summed E-state index contributed by atoms with van der Waals surface area (Å²) in [6.45, 7) is 6.25. The fourth-order valence-corrected chi connectivity index (χ4v) is 1.84. The molecule has 22 heavy (non-hydrogen) atoms. The van der Waals surface area contributed by atoms with Crippen molar-refractivity contribution in [1.29, 1.82) is 0 Å². The number of hydrogen-bond acceptors (Lipinski definition) is 3. The summed E-state index contributed by atoms with van der Waals surface area (Å²) in [5.74, 6) is -2.06. The van der Waals surface area contributed by atoms with E-state index in [1.807, 2.05) is 12.1 Å². The van der Waals surface area contributed by atoms with Gasteiger partial charge in [-0.15, -0.1) is 0 Å². The van der Waals surface area contributed by atoms with E-state index in [2.05, 4.69) is 36.9 Å². The van der Waals surface area contributed by atoms with E-state index in [1.54, 1.807) is 12.1 Å². The van der Waals surface area contributed by atoms with Gasteiger partial charge in [0.1, 0.15) is 0 Å². The number of nitrogens with one attached hydrogen (secondary N) is 3. The minimum absolute atomic E-state index is 0.00409. The first-order valence-electron chi connectivity index (χ1n) is 7.29. The first-order chi connectivity index (χ1) is 10.3. The number of benzene rings is 1. The smallest absolute Gasteiger partial charge is 0.327 e. The fraction of sp³-hybridized carbons (Fsp3) is 0.438. The van der Waals surface area contributed by atoms with Gasteiger partial charge in [0.15, 0.2) is 0 Å². The van der Waals surface area contributed by atoms with Gasteiger partial charge in [0.25, 0.3) is 5.91 Å². The van der Waals surface area contributed by atoms with Crippen molar-refractivity contribution in [2.24, 2.45) is 0 Å². The van der Waals surface area contributed by atoms with Crippen LogP contribution in [0.25, 0.3) is 0 Å². The summed E-state index contributed by atoms with van der Waals surface area (Å²) in [6, 6.07) is 7.21. The van der Waals surface area contributed by atoms with Gasteiger partial charge in [-0.1, -0.05) is 32.9 Å². The van der Waals surface area contributed by atoms with E-state index in [9.17, 15) is 14.4 Å². The van der Waals surface area contributed by atoms with Crippen molar-refractivity contribution >= 4 is 17.7 Å². The molecule has 118 valence electrons. The molecular formula is C16H21N3O3. The molecule has 0 atom stereocenters. The highest BCUT2D eigenvalue weighted by atomic mass is 16.2. The molecule has 3 N–H and O–H groups in total. The minimum Gasteiger partial charge on any atom is -0.345 e. The summed E-state index contributed by atoms with van der Waals surface area (Å²) < 4.78 is 0. The first-order valence-corrected chi connectivity index (χ1v) is 7.29. The van der Waals surface area contributed by atoms with Crippen LogP contribution in [0.15, 0.2) is 24.3 Å². The zero-order valence-electron chi connectivity index (χ0n) is 13.0. The third kappa shape index (κ3) is 4.31. The van der Waals surface area contributed by atoms with Crippen molar-refractivity contribution in [2.45, 2.75) is 45.1 Å². The number of hydrazine groups is 1. The van der Waals surface area contributed by atoms with E-state index in [1.165, 1.54) is 0 Å². The molecule has 0 aliphatic heterocycles. The molecule has 0 heterocycles. The van der Waals surface area contributed by atoms with Crippen LogP contribution in [0, 0.1) is 0 Å². The summed E-state index contributed by atoms with van der Waals surface area (Å²) in [7, 11) is 0. The number of hydrogen-bond donors (Lipinski definition) is 3. The molecule has 1 aromatic rings. The van der Waals surface area contributed by atoms with Crippen LogP contribution in [-0.4, -0.2) is 23.8 Å². The average molecular weight is 303 g/mol. The Kier molecular flexibility index (Phi) is 4.49. The Bertz CT molecular complexity index is 584. The Hall–Kier alpha value is -2.37. The highest BCUT2D eigenvalue weighted by Gasteiger charge is 2.26. The maximum absolute atomic E-state index is 11.9.